The molecule has 0 unspecified atom stereocenters. The van der Waals surface area contributed by atoms with Gasteiger partial charge in [-0.1, -0.05) is 0 Å². The highest BCUT2D eigenvalue weighted by molar-refractivity contribution is 5.58. The Balaban J connectivity index is 1.75. The molecule has 2 aromatic rings. The molecule has 0 aromatic carbocycles. The summed E-state index contributed by atoms with van der Waals surface area (Å²) in [4.78, 5) is 8.60. The minimum Gasteiger partial charge on any atom is -0.353 e. The third kappa shape index (κ3) is 2.84. The first kappa shape index (κ1) is 15.7. The quantitative estimate of drug-likeness (QED) is 0.829. The van der Waals surface area contributed by atoms with Crippen LogP contribution in [0.3, 0.4) is 0 Å². The van der Waals surface area contributed by atoms with Crippen molar-refractivity contribution in [1.82, 2.24) is 15.2 Å². The molecule has 2 aromatic heterocycles. The highest BCUT2D eigenvalue weighted by Crippen LogP contribution is 2.23. The van der Waals surface area contributed by atoms with Crippen molar-refractivity contribution in [3.63, 3.8) is 0 Å². The second-order valence-electron chi connectivity index (χ2n) is 5.71. The van der Waals surface area contributed by atoms with E-state index in [2.05, 4.69) is 37.1 Å². The lowest BCUT2D eigenvalue weighted by atomic mass is 10.1. The second-order valence-corrected chi connectivity index (χ2v) is 5.71. The molecule has 7 heteroatoms. The molecule has 24 heavy (non-hydrogen) atoms. The summed E-state index contributed by atoms with van der Waals surface area (Å²) >= 11 is 0. The molecule has 0 saturated carbocycles. The molecule has 7 nitrogen and oxygen atoms in total. The zero-order valence-corrected chi connectivity index (χ0v) is 13.7. The van der Waals surface area contributed by atoms with E-state index in [9.17, 15) is 5.26 Å². The molecule has 120 valence electrons. The van der Waals surface area contributed by atoms with Gasteiger partial charge in [-0.3, -0.25) is 0 Å². The fraction of sp³-hybridized carbons (Fsp3) is 0.353. The van der Waals surface area contributed by atoms with Gasteiger partial charge in [-0.05, 0) is 31.5 Å². The van der Waals surface area contributed by atoms with Gasteiger partial charge in [0.2, 0.25) is 0 Å². The van der Waals surface area contributed by atoms with Crippen molar-refractivity contribution in [1.29, 1.82) is 10.5 Å². The lowest BCUT2D eigenvalue weighted by Gasteiger charge is -2.36. The van der Waals surface area contributed by atoms with Crippen LogP contribution in [-0.2, 0) is 0 Å². The van der Waals surface area contributed by atoms with Gasteiger partial charge in [0.1, 0.15) is 23.5 Å². The van der Waals surface area contributed by atoms with Crippen molar-refractivity contribution in [3.05, 3.63) is 40.7 Å². The number of hydrogen-bond donors (Lipinski definition) is 0. The average Bonchev–Trinajstić information content (AvgIpc) is 2.64. The van der Waals surface area contributed by atoms with Crippen LogP contribution in [0, 0.1) is 36.5 Å². The van der Waals surface area contributed by atoms with Gasteiger partial charge in [-0.25, -0.2) is 4.98 Å². The van der Waals surface area contributed by atoms with Crippen LogP contribution in [0.25, 0.3) is 0 Å². The molecule has 0 atom stereocenters. The number of rotatable bonds is 2. The van der Waals surface area contributed by atoms with Crippen LogP contribution in [-0.4, -0.2) is 41.4 Å². The first-order valence-corrected chi connectivity index (χ1v) is 7.74. The molecule has 0 spiro atoms. The van der Waals surface area contributed by atoms with Gasteiger partial charge in [-0.15, -0.1) is 5.10 Å². The summed E-state index contributed by atoms with van der Waals surface area (Å²) in [7, 11) is 0. The summed E-state index contributed by atoms with van der Waals surface area (Å²) < 4.78 is 0. The molecule has 1 saturated heterocycles. The largest absolute Gasteiger partial charge is 0.353 e. The van der Waals surface area contributed by atoms with E-state index in [1.54, 1.807) is 12.3 Å². The monoisotopic (exact) mass is 319 g/mol. The Morgan fingerprint density at radius 2 is 1.67 bits per heavy atom. The summed E-state index contributed by atoms with van der Waals surface area (Å²) in [5, 5.41) is 26.7. The minimum absolute atomic E-state index is 0.557. The molecule has 0 bridgehead atoms. The maximum atomic E-state index is 9.44. The third-order valence-corrected chi connectivity index (χ3v) is 4.33. The van der Waals surface area contributed by atoms with E-state index >= 15 is 0 Å². The predicted molar refractivity (Wildman–Crippen MR) is 89.6 cm³/mol. The molecule has 1 aliphatic heterocycles. The molecule has 3 rings (SSSR count). The molecule has 3 heterocycles. The minimum atomic E-state index is 0.557. The number of aromatic nitrogens is 3. The molecule has 0 amide bonds. The van der Waals surface area contributed by atoms with Crippen LogP contribution < -0.4 is 9.80 Å². The highest BCUT2D eigenvalue weighted by atomic mass is 15.3. The van der Waals surface area contributed by atoms with E-state index in [1.165, 1.54) is 0 Å². The Labute approximate surface area is 140 Å². The zero-order chi connectivity index (χ0) is 17.1. The lowest BCUT2D eigenvalue weighted by molar-refractivity contribution is 0.636. The normalized spacial score (nSPS) is 14.2. The van der Waals surface area contributed by atoms with E-state index in [-0.39, 0.29) is 0 Å². The summed E-state index contributed by atoms with van der Waals surface area (Å²) in [5.41, 5.74) is 2.84. The topological polar surface area (TPSA) is 92.7 Å². The number of nitrogens with zero attached hydrogens (tertiary/aromatic N) is 7. The Hall–Kier alpha value is -3.19. The lowest BCUT2D eigenvalue weighted by Crippen LogP contribution is -2.47. The van der Waals surface area contributed by atoms with E-state index < -0.39 is 0 Å². The van der Waals surface area contributed by atoms with Crippen LogP contribution in [0.4, 0.5) is 11.6 Å². The number of hydrogen-bond acceptors (Lipinski definition) is 7. The SMILES string of the molecule is Cc1nnc(N2CCN(c3ccc(C#N)cn3)CC2)c(C#N)c1C. The summed E-state index contributed by atoms with van der Waals surface area (Å²) in [5.74, 6) is 1.52. The standard InChI is InChI=1S/C17H17N7/c1-12-13(2)21-22-17(15(12)10-19)24-7-5-23(6-8-24)16-4-3-14(9-18)11-20-16/h3-4,11H,5-8H2,1-2H3. The third-order valence-electron chi connectivity index (χ3n) is 4.33. The molecular weight excluding hydrogens is 302 g/mol. The average molecular weight is 319 g/mol. The Kier molecular flexibility index (Phi) is 4.26. The smallest absolute Gasteiger partial charge is 0.169 e. The van der Waals surface area contributed by atoms with Crippen LogP contribution in [0.5, 0.6) is 0 Å². The molecule has 0 aliphatic carbocycles. The van der Waals surface area contributed by atoms with Crippen LogP contribution >= 0.6 is 0 Å². The van der Waals surface area contributed by atoms with Crippen LogP contribution in [0.15, 0.2) is 18.3 Å². The molecule has 1 fully saturated rings. The molecular formula is C17H17N7. The van der Waals surface area contributed by atoms with Crippen molar-refractivity contribution in [3.8, 4) is 12.1 Å². The number of aryl methyl sites for hydroxylation is 1. The second kappa shape index (κ2) is 6.51. The van der Waals surface area contributed by atoms with Gasteiger partial charge in [0.05, 0.1) is 11.3 Å². The van der Waals surface area contributed by atoms with Gasteiger partial charge in [0.25, 0.3) is 0 Å². The zero-order valence-electron chi connectivity index (χ0n) is 13.7. The summed E-state index contributed by atoms with van der Waals surface area (Å²) in [6.07, 6.45) is 1.59. The van der Waals surface area contributed by atoms with Gasteiger partial charge < -0.3 is 9.80 Å². The maximum Gasteiger partial charge on any atom is 0.169 e. The molecule has 0 N–H and O–H groups in total. The first-order chi connectivity index (χ1) is 11.6. The van der Waals surface area contributed by atoms with E-state index in [0.29, 0.717) is 16.9 Å². The molecule has 1 aliphatic rings. The number of anilines is 2. The maximum absolute atomic E-state index is 9.44. The van der Waals surface area contributed by atoms with Crippen molar-refractivity contribution in [2.75, 3.05) is 36.0 Å². The Bertz CT molecular complexity index is 822. The summed E-state index contributed by atoms with van der Waals surface area (Å²) in [6.45, 7) is 6.81. The van der Waals surface area contributed by atoms with Crippen molar-refractivity contribution in [2.24, 2.45) is 0 Å². The molecule has 0 radical (unpaired) electrons. The first-order valence-electron chi connectivity index (χ1n) is 7.74. The van der Waals surface area contributed by atoms with Gasteiger partial charge in [-0.2, -0.15) is 15.6 Å². The van der Waals surface area contributed by atoms with Crippen LogP contribution in [0.2, 0.25) is 0 Å². The number of piperazine rings is 1. The Morgan fingerprint density at radius 1 is 0.958 bits per heavy atom. The van der Waals surface area contributed by atoms with Gasteiger partial charge in [0, 0.05) is 32.4 Å². The van der Waals surface area contributed by atoms with Crippen LogP contribution in [0.1, 0.15) is 22.4 Å². The van der Waals surface area contributed by atoms with Crippen molar-refractivity contribution in [2.45, 2.75) is 13.8 Å². The van der Waals surface area contributed by atoms with Crippen molar-refractivity contribution >= 4 is 11.6 Å². The van der Waals surface area contributed by atoms with Gasteiger partial charge >= 0.3 is 0 Å². The Morgan fingerprint density at radius 3 is 2.25 bits per heavy atom. The van der Waals surface area contributed by atoms with Gasteiger partial charge in [0.15, 0.2) is 5.82 Å². The fourth-order valence-corrected chi connectivity index (χ4v) is 2.74. The van der Waals surface area contributed by atoms with Crippen molar-refractivity contribution < 1.29 is 0 Å². The fourth-order valence-electron chi connectivity index (χ4n) is 2.74. The highest BCUT2D eigenvalue weighted by Gasteiger charge is 2.23. The van der Waals surface area contributed by atoms with E-state index in [4.69, 9.17) is 5.26 Å². The van der Waals surface area contributed by atoms with E-state index in [0.717, 1.165) is 43.3 Å². The summed E-state index contributed by atoms with van der Waals surface area (Å²) in [6, 6.07) is 7.97. The number of nitriles is 2. The number of pyridine rings is 1. The predicted octanol–water partition coefficient (Wildman–Crippen LogP) is 1.56. The van der Waals surface area contributed by atoms with E-state index in [1.807, 2.05) is 19.9 Å².